The van der Waals surface area contributed by atoms with Gasteiger partial charge in [0.15, 0.2) is 12.6 Å². The minimum Gasteiger partial charge on any atom is -0.447 e. The van der Waals surface area contributed by atoms with Crippen molar-refractivity contribution in [2.75, 3.05) is 211 Å². The van der Waals surface area contributed by atoms with E-state index in [0.717, 1.165) is 13.1 Å². The van der Waals surface area contributed by atoms with Crippen molar-refractivity contribution in [2.45, 2.75) is 63.1 Å². The van der Waals surface area contributed by atoms with Gasteiger partial charge in [0.2, 0.25) is 0 Å². The first kappa shape index (κ1) is 83.0. The largest absolute Gasteiger partial charge is 0.447 e. The Morgan fingerprint density at radius 2 is 0.833 bits per heavy atom. The molecule has 2 saturated heterocycles. The zero-order valence-electron chi connectivity index (χ0n) is 52.9. The number of ether oxygens (including phenoxy) is 13. The van der Waals surface area contributed by atoms with E-state index < -0.39 is 61.4 Å². The number of alkyl carbamates (subject to hydrolysis) is 3. The van der Waals surface area contributed by atoms with Crippen LogP contribution in [0.25, 0.3) is 0 Å². The smallest absolute Gasteiger partial charge is 0.407 e. The van der Waals surface area contributed by atoms with E-state index in [1.165, 1.54) is 36.0 Å². The Morgan fingerprint density at radius 1 is 0.467 bits per heavy atom. The van der Waals surface area contributed by atoms with E-state index in [-0.39, 0.29) is 103 Å². The number of aromatic nitrogens is 4. The highest BCUT2D eigenvalue weighted by Crippen LogP contribution is 2.32. The van der Waals surface area contributed by atoms with E-state index in [1.54, 1.807) is 24.8 Å². The number of nitrogens with zero attached hydrogens (tertiary/aromatic N) is 4. The molecule has 3 amide bonds. The van der Waals surface area contributed by atoms with E-state index >= 15 is 0 Å². The molecule has 36 nitrogen and oxygen atoms in total. The number of imidazole rings is 2. The van der Waals surface area contributed by atoms with Gasteiger partial charge in [-0.1, -0.05) is 13.8 Å². The number of methoxy groups -OCH3 is 2. The lowest BCUT2D eigenvalue weighted by Gasteiger charge is -2.44. The predicted octanol–water partition coefficient (Wildman–Crippen LogP) is -5.55. The third-order valence-electron chi connectivity index (χ3n) is 12.6. The molecule has 2 aliphatic rings. The second-order valence-electron chi connectivity index (χ2n) is 19.3. The molecular weight excluding hydrogens is 1190 g/mol. The van der Waals surface area contributed by atoms with Crippen LogP contribution >= 0.6 is 0 Å². The van der Waals surface area contributed by atoms with Gasteiger partial charge >= 0.3 is 24.3 Å². The Labute approximate surface area is 527 Å². The van der Waals surface area contributed by atoms with Crippen LogP contribution < -0.4 is 65.9 Å². The standard InChI is InChI=1S/C29H61N9O11.C14H28O8.C7H6N4O.C4H13N3/c1-22-23(21-48-29(41)38-14-11-35-8-5-32)49-26(42-2)25(45-19-20-47-28(40)37-13-10-34-7-4-31)24(22)44-17-15-43-16-18-46-27(39)36-12-9-33-6-3-30;1-10-11(9-17)22-14(18-2)13(20-6-4-16)12(10)21-8-7-19-5-3-15;12-7(10-3-1-8-5-10)11-4-2-9-6-11;5-1-3-7-4-2-6/h22-26,33-35H,3-21,30-32H2,1-2H3,(H,36,39)(H,37,40)(H,38,41);10-17H,3-9H2,1-2H3;1-6H;7H,1-6H2. The molecule has 0 aromatic carbocycles. The van der Waals surface area contributed by atoms with Crippen LogP contribution in [0.2, 0.25) is 0 Å². The summed E-state index contributed by atoms with van der Waals surface area (Å²) in [6.45, 7) is 14.6. The molecule has 0 saturated carbocycles. The van der Waals surface area contributed by atoms with Crippen molar-refractivity contribution in [3.05, 3.63) is 37.4 Å². The number of rotatable bonds is 44. The van der Waals surface area contributed by atoms with Crippen molar-refractivity contribution < 1.29 is 96.1 Å². The van der Waals surface area contributed by atoms with Crippen LogP contribution in [0.5, 0.6) is 0 Å². The molecule has 2 aromatic heterocycles. The van der Waals surface area contributed by atoms with Crippen molar-refractivity contribution in [1.29, 1.82) is 0 Å². The maximum Gasteiger partial charge on any atom is 0.407 e. The normalized spacial score (nSPS) is 21.1. The van der Waals surface area contributed by atoms with Crippen LogP contribution in [0, 0.1) is 11.8 Å². The average Bonchev–Trinajstić information content (AvgIpc) is 1.16. The molecule has 2 aromatic rings. The molecule has 0 aliphatic carbocycles. The van der Waals surface area contributed by atoms with Gasteiger partial charge in [0.25, 0.3) is 0 Å². The van der Waals surface area contributed by atoms with Crippen molar-refractivity contribution in [3.63, 3.8) is 0 Å². The Morgan fingerprint density at radius 3 is 1.24 bits per heavy atom. The summed E-state index contributed by atoms with van der Waals surface area (Å²) in [5.41, 5.74) is 26.6. The number of nitrogens with one attached hydrogen (secondary N) is 7. The van der Waals surface area contributed by atoms with Crippen LogP contribution in [-0.2, 0) is 61.6 Å². The Kier molecular flexibility index (Phi) is 52.4. The number of hydrogen-bond donors (Lipinski definition) is 15. The Balaban J connectivity index is 0.000000791. The van der Waals surface area contributed by atoms with Crippen LogP contribution in [-0.4, -0.2) is 319 Å². The van der Waals surface area contributed by atoms with Crippen molar-refractivity contribution in [2.24, 2.45) is 40.5 Å². The van der Waals surface area contributed by atoms with Gasteiger partial charge in [-0.05, 0) is 0 Å². The van der Waals surface area contributed by atoms with Gasteiger partial charge in [-0.2, -0.15) is 0 Å². The topological polar surface area (TPSA) is 499 Å². The zero-order valence-corrected chi connectivity index (χ0v) is 52.9. The first-order valence-electron chi connectivity index (χ1n) is 30.2. The molecular formula is C54H108N16O20. The Bertz CT molecular complexity index is 1950. The number of amides is 3. The summed E-state index contributed by atoms with van der Waals surface area (Å²) in [5, 5.41) is 47.2. The van der Waals surface area contributed by atoms with E-state index in [4.69, 9.17) is 100 Å². The van der Waals surface area contributed by atoms with Crippen molar-refractivity contribution >= 4 is 24.3 Å². The number of aliphatic hydroxyl groups is 3. The fraction of sp³-hybridized carbons (Fsp3) is 0.815. The quantitative estimate of drug-likeness (QED) is 0.0217. The molecule has 20 N–H and O–H groups in total. The van der Waals surface area contributed by atoms with Crippen LogP contribution in [0.15, 0.2) is 37.4 Å². The maximum atomic E-state index is 12.3. The number of aliphatic hydroxyl groups excluding tert-OH is 3. The third kappa shape index (κ3) is 38.1. The average molecular weight is 1300 g/mol. The molecule has 10 unspecified atom stereocenters. The van der Waals surface area contributed by atoms with E-state index in [1.807, 2.05) is 13.8 Å². The van der Waals surface area contributed by atoms with Crippen LogP contribution in [0.4, 0.5) is 19.2 Å². The van der Waals surface area contributed by atoms with E-state index in [0.29, 0.717) is 105 Å². The second-order valence-corrected chi connectivity index (χ2v) is 19.3. The van der Waals surface area contributed by atoms with Crippen LogP contribution in [0.1, 0.15) is 13.8 Å². The minimum atomic E-state index is -0.876. The highest BCUT2D eigenvalue weighted by Gasteiger charge is 2.47. The minimum absolute atomic E-state index is 0.0240. The number of carbonyl (C=O) groups excluding carboxylic acids is 4. The second kappa shape index (κ2) is 56.7. The predicted molar refractivity (Wildman–Crippen MR) is 327 cm³/mol. The SMILES string of the molecule is COC1OC(CO)C(C)C(OCCOCCO)C1OCCO.COC1OC(COC(=O)NCCNCCN)C(C)C(OCCOCCOC(=O)NCCNCCN)C1OCCOC(=O)NCCNCCN.NCCNCCN.O=C(n1ccnc1)n1ccnc1. The summed E-state index contributed by atoms with van der Waals surface area (Å²) in [5.74, 6) is -0.426. The van der Waals surface area contributed by atoms with Crippen molar-refractivity contribution in [3.8, 4) is 0 Å². The maximum absolute atomic E-state index is 12.3. The van der Waals surface area contributed by atoms with Gasteiger partial charge in [-0.25, -0.2) is 29.1 Å². The number of hydrogen-bond acceptors (Lipinski definition) is 31. The molecule has 0 spiro atoms. The summed E-state index contributed by atoms with van der Waals surface area (Å²) < 4.78 is 75.5. The lowest BCUT2D eigenvalue weighted by molar-refractivity contribution is -0.299. The number of carbonyl (C=O) groups is 4. The first-order valence-corrected chi connectivity index (χ1v) is 30.2. The van der Waals surface area contributed by atoms with Gasteiger partial charge in [0.1, 0.15) is 50.8 Å². The highest BCUT2D eigenvalue weighted by molar-refractivity contribution is 5.78. The summed E-state index contributed by atoms with van der Waals surface area (Å²) >= 11 is 0. The third-order valence-corrected chi connectivity index (χ3v) is 12.6. The summed E-state index contributed by atoms with van der Waals surface area (Å²) in [6, 6.07) is -0.190. The number of nitrogens with two attached hydrogens (primary N) is 5. The lowest BCUT2D eigenvalue weighted by atomic mass is 9.90. The molecule has 4 heterocycles. The van der Waals surface area contributed by atoms with Gasteiger partial charge in [0.05, 0.1) is 91.0 Å². The molecule has 10 atom stereocenters. The van der Waals surface area contributed by atoms with Gasteiger partial charge < -0.3 is 143 Å². The lowest BCUT2D eigenvalue weighted by Crippen LogP contribution is -2.58. The molecule has 36 heteroatoms. The molecule has 0 bridgehead atoms. The highest BCUT2D eigenvalue weighted by atomic mass is 16.7. The van der Waals surface area contributed by atoms with Gasteiger partial charge in [-0.3, -0.25) is 9.13 Å². The van der Waals surface area contributed by atoms with E-state index in [9.17, 15) is 24.3 Å². The van der Waals surface area contributed by atoms with Crippen molar-refractivity contribution in [1.82, 2.24) is 56.3 Å². The molecule has 0 radical (unpaired) electrons. The Hall–Kier alpha value is -4.98. The fourth-order valence-corrected chi connectivity index (χ4v) is 8.11. The summed E-state index contributed by atoms with van der Waals surface area (Å²) in [4.78, 5) is 54.9. The molecule has 4 rings (SSSR count). The summed E-state index contributed by atoms with van der Waals surface area (Å²) in [6.07, 6.45) is 2.76. The van der Waals surface area contributed by atoms with Gasteiger partial charge in [0, 0.05) is 156 Å². The zero-order chi connectivity index (χ0) is 66.2. The van der Waals surface area contributed by atoms with Crippen LogP contribution in [0.3, 0.4) is 0 Å². The molecule has 524 valence electrons. The molecule has 2 aliphatic heterocycles. The summed E-state index contributed by atoms with van der Waals surface area (Å²) in [7, 11) is 2.96. The van der Waals surface area contributed by atoms with Gasteiger partial charge in [-0.15, -0.1) is 0 Å². The molecule has 2 fully saturated rings. The van der Waals surface area contributed by atoms with E-state index in [2.05, 4.69) is 47.2 Å². The molecule has 90 heavy (non-hydrogen) atoms. The fourth-order valence-electron chi connectivity index (χ4n) is 8.11. The first-order chi connectivity index (χ1) is 43.8. The monoisotopic (exact) mass is 1300 g/mol.